The highest BCUT2D eigenvalue weighted by Crippen LogP contribution is 2.39. The van der Waals surface area contributed by atoms with Gasteiger partial charge in [0, 0.05) is 5.56 Å². The topological polar surface area (TPSA) is 63.2 Å². The number of carbonyl (C=O) groups excluding carboxylic acids is 1. The number of hydrogen-bond acceptors (Lipinski definition) is 7. The van der Waals surface area contributed by atoms with E-state index in [0.29, 0.717) is 18.8 Å². The molecule has 40 heavy (non-hydrogen) atoms. The van der Waals surface area contributed by atoms with Crippen LogP contribution in [-0.2, 0) is 30.3 Å². The van der Waals surface area contributed by atoms with E-state index >= 15 is 0 Å². The predicted molar refractivity (Wildman–Crippen MR) is 155 cm³/mol. The molecule has 2 aliphatic heterocycles. The fourth-order valence-corrected chi connectivity index (χ4v) is 6.18. The molecule has 6 rings (SSSR count). The molecule has 2 fully saturated rings. The molecule has 2 heterocycles. The molecule has 0 saturated carbocycles. The van der Waals surface area contributed by atoms with E-state index in [4.69, 9.17) is 23.7 Å². The zero-order valence-corrected chi connectivity index (χ0v) is 23.1. The van der Waals surface area contributed by atoms with Gasteiger partial charge in [0.1, 0.15) is 23.7 Å². The first kappa shape index (κ1) is 27.0. The smallest absolute Gasteiger partial charge is 0.338 e. The van der Waals surface area contributed by atoms with Crippen LogP contribution in [0.2, 0.25) is 0 Å². The molecule has 0 aliphatic carbocycles. The summed E-state index contributed by atoms with van der Waals surface area (Å²) in [5.74, 6) is 0.369. The van der Waals surface area contributed by atoms with E-state index in [-0.39, 0.29) is 6.10 Å². The summed E-state index contributed by atoms with van der Waals surface area (Å²) in [5.41, 5.74) is 1.99. The highest BCUT2D eigenvalue weighted by Gasteiger charge is 2.52. The van der Waals surface area contributed by atoms with E-state index in [0.717, 1.165) is 22.3 Å². The predicted octanol–water partition coefficient (Wildman–Crippen LogP) is 6.54. The Labute approximate surface area is 238 Å². The van der Waals surface area contributed by atoms with Crippen molar-refractivity contribution in [2.45, 2.75) is 49.7 Å². The molecular weight excluding hydrogens is 524 g/mol. The summed E-state index contributed by atoms with van der Waals surface area (Å²) in [5, 5.41) is 2.32. The molecule has 2 saturated heterocycles. The molecule has 6 atom stereocenters. The van der Waals surface area contributed by atoms with Crippen LogP contribution < -0.4 is 0 Å². The molecule has 0 bridgehead atoms. The fraction of sp³-hybridized carbons (Fsp3) is 0.303. The summed E-state index contributed by atoms with van der Waals surface area (Å²) in [4.78, 5) is 13.3. The minimum atomic E-state index is -0.686. The maximum atomic E-state index is 13.3. The second kappa shape index (κ2) is 12.5. The van der Waals surface area contributed by atoms with Gasteiger partial charge >= 0.3 is 5.97 Å². The molecule has 0 amide bonds. The molecule has 0 spiro atoms. The van der Waals surface area contributed by atoms with Crippen molar-refractivity contribution >= 4 is 28.5 Å². The van der Waals surface area contributed by atoms with Crippen LogP contribution in [-0.4, -0.2) is 48.2 Å². The number of thioether (sulfide) groups is 1. The molecular formula is C33H32O6S. The third-order valence-corrected chi connectivity index (χ3v) is 8.24. The Balaban J connectivity index is 1.30. The minimum Gasteiger partial charge on any atom is -0.452 e. The Morgan fingerprint density at radius 3 is 2.35 bits per heavy atom. The van der Waals surface area contributed by atoms with Crippen molar-refractivity contribution in [1.29, 1.82) is 0 Å². The van der Waals surface area contributed by atoms with Crippen molar-refractivity contribution in [3.63, 3.8) is 0 Å². The molecule has 7 heteroatoms. The molecule has 0 N–H and O–H groups in total. The maximum Gasteiger partial charge on any atom is 0.338 e. The minimum absolute atomic E-state index is 0.335. The van der Waals surface area contributed by atoms with Crippen LogP contribution in [0, 0.1) is 0 Å². The number of benzene rings is 4. The van der Waals surface area contributed by atoms with E-state index in [9.17, 15) is 4.79 Å². The van der Waals surface area contributed by atoms with Gasteiger partial charge in [0.15, 0.2) is 12.4 Å². The first-order valence-corrected chi connectivity index (χ1v) is 14.7. The summed E-state index contributed by atoms with van der Waals surface area (Å²) in [6.45, 7) is 2.74. The molecule has 2 aliphatic rings. The number of hydrogen-bond donors (Lipinski definition) is 0. The first-order chi connectivity index (χ1) is 19.7. The van der Waals surface area contributed by atoms with Crippen LogP contribution >= 0.6 is 11.8 Å². The van der Waals surface area contributed by atoms with E-state index in [2.05, 4.69) is 37.3 Å². The van der Waals surface area contributed by atoms with Gasteiger partial charge in [-0.25, -0.2) is 4.79 Å². The van der Waals surface area contributed by atoms with Gasteiger partial charge in [0.2, 0.25) is 0 Å². The van der Waals surface area contributed by atoms with Crippen molar-refractivity contribution in [1.82, 2.24) is 0 Å². The lowest BCUT2D eigenvalue weighted by Crippen LogP contribution is -2.62. The molecule has 0 radical (unpaired) electrons. The van der Waals surface area contributed by atoms with E-state index in [1.807, 2.05) is 60.7 Å². The number of ether oxygens (including phenoxy) is 5. The van der Waals surface area contributed by atoms with Gasteiger partial charge in [-0.1, -0.05) is 91.9 Å². The van der Waals surface area contributed by atoms with Crippen LogP contribution in [0.5, 0.6) is 0 Å². The molecule has 6 unspecified atom stereocenters. The Kier molecular flexibility index (Phi) is 8.46. The lowest BCUT2D eigenvalue weighted by Gasteiger charge is -2.48. The number of carbonyl (C=O) groups is 1. The largest absolute Gasteiger partial charge is 0.452 e. The van der Waals surface area contributed by atoms with Gasteiger partial charge < -0.3 is 23.7 Å². The highest BCUT2D eigenvalue weighted by molar-refractivity contribution is 7.99. The van der Waals surface area contributed by atoms with Crippen molar-refractivity contribution < 1.29 is 28.5 Å². The van der Waals surface area contributed by atoms with Gasteiger partial charge in [-0.2, -0.15) is 0 Å². The Morgan fingerprint density at radius 1 is 0.850 bits per heavy atom. The second-order valence-corrected chi connectivity index (χ2v) is 11.2. The summed E-state index contributed by atoms with van der Waals surface area (Å²) in [6, 6.07) is 33.4. The van der Waals surface area contributed by atoms with Gasteiger partial charge in [-0.3, -0.25) is 0 Å². The van der Waals surface area contributed by atoms with Crippen LogP contribution in [0.3, 0.4) is 0 Å². The first-order valence-electron chi connectivity index (χ1n) is 13.6. The number of esters is 1. The standard InChI is InChI=1S/C33H32O6S/c1-2-40-33-30(38-31(34)24-12-5-3-6-13-24)29(35-20-22-17-18-23-11-9-10-16-26(23)19-22)28-27(37-33)21-36-32(39-28)25-14-7-4-8-15-25/h3-19,27-30,32-33H,2,20-21H2,1H3. The van der Waals surface area contributed by atoms with Gasteiger partial charge in [-0.15, -0.1) is 11.8 Å². The zero-order valence-electron chi connectivity index (χ0n) is 22.3. The third-order valence-electron chi connectivity index (χ3n) is 7.20. The van der Waals surface area contributed by atoms with Gasteiger partial charge in [0.05, 0.1) is 18.8 Å². The van der Waals surface area contributed by atoms with E-state index in [1.165, 1.54) is 5.39 Å². The average Bonchev–Trinajstić information content (AvgIpc) is 3.01. The number of fused-ring (bicyclic) bond motifs is 2. The average molecular weight is 557 g/mol. The third kappa shape index (κ3) is 5.94. The normalized spacial score (nSPS) is 26.2. The molecule has 206 valence electrons. The summed E-state index contributed by atoms with van der Waals surface area (Å²) >= 11 is 1.59. The lowest BCUT2D eigenvalue weighted by molar-refractivity contribution is -0.324. The fourth-order valence-electron chi connectivity index (χ4n) is 5.23. The van der Waals surface area contributed by atoms with Crippen molar-refractivity contribution in [2.75, 3.05) is 12.4 Å². The van der Waals surface area contributed by atoms with Gasteiger partial charge in [-0.05, 0) is 40.3 Å². The van der Waals surface area contributed by atoms with Gasteiger partial charge in [0.25, 0.3) is 0 Å². The van der Waals surface area contributed by atoms with Crippen molar-refractivity contribution in [3.8, 4) is 0 Å². The molecule has 0 aromatic heterocycles. The summed E-state index contributed by atoms with van der Waals surface area (Å²) in [7, 11) is 0. The maximum absolute atomic E-state index is 13.3. The van der Waals surface area contributed by atoms with Crippen molar-refractivity contribution in [3.05, 3.63) is 120 Å². The Bertz CT molecular complexity index is 1410. The molecule has 4 aromatic rings. The number of rotatable bonds is 8. The molecule has 4 aromatic carbocycles. The summed E-state index contributed by atoms with van der Waals surface area (Å²) in [6.07, 6.45) is -2.69. The SMILES string of the molecule is CCSC1OC2COC(c3ccccc3)OC2C(OCc2ccc3ccccc3c2)C1OC(=O)c1ccccc1. The zero-order chi connectivity index (χ0) is 27.3. The Morgan fingerprint density at radius 2 is 1.57 bits per heavy atom. The van der Waals surface area contributed by atoms with Crippen LogP contribution in [0.25, 0.3) is 10.8 Å². The van der Waals surface area contributed by atoms with Crippen molar-refractivity contribution in [2.24, 2.45) is 0 Å². The van der Waals surface area contributed by atoms with Crippen LogP contribution in [0.4, 0.5) is 0 Å². The Hall–Kier alpha value is -3.20. The van der Waals surface area contributed by atoms with Crippen LogP contribution in [0.15, 0.2) is 103 Å². The van der Waals surface area contributed by atoms with E-state index in [1.54, 1.807) is 23.9 Å². The highest BCUT2D eigenvalue weighted by atomic mass is 32.2. The second-order valence-electron chi connectivity index (χ2n) is 9.87. The lowest BCUT2D eigenvalue weighted by atomic mass is 9.98. The quantitative estimate of drug-likeness (QED) is 0.228. The monoisotopic (exact) mass is 556 g/mol. The molecule has 6 nitrogen and oxygen atoms in total. The van der Waals surface area contributed by atoms with E-state index < -0.39 is 36.0 Å². The summed E-state index contributed by atoms with van der Waals surface area (Å²) < 4.78 is 31.9. The van der Waals surface area contributed by atoms with Crippen LogP contribution in [0.1, 0.15) is 34.7 Å².